The summed E-state index contributed by atoms with van der Waals surface area (Å²) in [4.78, 5) is 18.6. The van der Waals surface area contributed by atoms with E-state index in [4.69, 9.17) is 9.26 Å². The van der Waals surface area contributed by atoms with Crippen LogP contribution in [0.4, 0.5) is 0 Å². The first-order valence-electron chi connectivity index (χ1n) is 7.52. The smallest absolute Gasteiger partial charge is 0.276 e. The lowest BCUT2D eigenvalue weighted by Gasteiger charge is -2.33. The number of nitrogens with zero attached hydrogens (tertiary/aromatic N) is 4. The van der Waals surface area contributed by atoms with Gasteiger partial charge in [-0.05, 0) is 12.8 Å². The second-order valence-electron chi connectivity index (χ2n) is 5.98. The molecule has 2 aromatic heterocycles. The van der Waals surface area contributed by atoms with Gasteiger partial charge in [0, 0.05) is 31.8 Å². The number of ether oxygens (including phenoxy) is 1. The molecule has 0 bridgehead atoms. The summed E-state index contributed by atoms with van der Waals surface area (Å²) >= 11 is 0. The highest BCUT2D eigenvalue weighted by Gasteiger charge is 2.32. The lowest BCUT2D eigenvalue weighted by molar-refractivity contribution is 0.0590. The van der Waals surface area contributed by atoms with E-state index in [0.717, 1.165) is 24.3 Å². The van der Waals surface area contributed by atoms with Crippen LogP contribution < -0.4 is 0 Å². The molecule has 7 nitrogen and oxygen atoms in total. The van der Waals surface area contributed by atoms with E-state index in [-0.39, 0.29) is 11.9 Å². The molecule has 1 saturated carbocycles. The average molecular weight is 302 g/mol. The summed E-state index contributed by atoms with van der Waals surface area (Å²) in [5.41, 5.74) is 1.40. The molecule has 22 heavy (non-hydrogen) atoms. The summed E-state index contributed by atoms with van der Waals surface area (Å²) in [5.74, 6) is 1.20. The van der Waals surface area contributed by atoms with Gasteiger partial charge >= 0.3 is 0 Å². The molecule has 0 saturated heterocycles. The SMILES string of the molecule is COCC1CN(C(=O)c2cc(C3CC3)on2)Cc2cncn21. The molecule has 1 aliphatic carbocycles. The zero-order chi connectivity index (χ0) is 15.1. The van der Waals surface area contributed by atoms with Gasteiger partial charge in [0.1, 0.15) is 5.76 Å². The number of hydrogen-bond donors (Lipinski definition) is 0. The van der Waals surface area contributed by atoms with E-state index in [9.17, 15) is 4.79 Å². The molecule has 2 aliphatic rings. The molecule has 116 valence electrons. The Kier molecular flexibility index (Phi) is 3.22. The lowest BCUT2D eigenvalue weighted by atomic mass is 10.1. The summed E-state index contributed by atoms with van der Waals surface area (Å²) in [7, 11) is 1.66. The predicted molar refractivity (Wildman–Crippen MR) is 76.4 cm³/mol. The highest BCUT2D eigenvalue weighted by Crippen LogP contribution is 2.40. The van der Waals surface area contributed by atoms with Crippen LogP contribution in [0.25, 0.3) is 0 Å². The van der Waals surface area contributed by atoms with Gasteiger partial charge in [0.2, 0.25) is 0 Å². The van der Waals surface area contributed by atoms with Crippen molar-refractivity contribution < 1.29 is 14.1 Å². The van der Waals surface area contributed by atoms with E-state index in [1.165, 1.54) is 0 Å². The molecule has 0 aromatic carbocycles. The third-order valence-corrected chi connectivity index (χ3v) is 4.30. The second kappa shape index (κ2) is 5.24. The van der Waals surface area contributed by atoms with E-state index < -0.39 is 0 Å². The van der Waals surface area contributed by atoms with Crippen LogP contribution in [0, 0.1) is 0 Å². The Morgan fingerprint density at radius 1 is 1.50 bits per heavy atom. The van der Waals surface area contributed by atoms with Gasteiger partial charge in [-0.2, -0.15) is 0 Å². The van der Waals surface area contributed by atoms with Crippen LogP contribution in [-0.2, 0) is 11.3 Å². The molecule has 7 heteroatoms. The van der Waals surface area contributed by atoms with Crippen molar-refractivity contribution in [2.45, 2.75) is 31.3 Å². The number of carbonyl (C=O) groups excluding carboxylic acids is 1. The van der Waals surface area contributed by atoms with Crippen LogP contribution in [0.1, 0.15) is 46.7 Å². The fourth-order valence-electron chi connectivity index (χ4n) is 2.98. The van der Waals surface area contributed by atoms with Crippen LogP contribution in [0.2, 0.25) is 0 Å². The molecule has 1 unspecified atom stereocenters. The number of methoxy groups -OCH3 is 1. The number of imidazole rings is 1. The first kappa shape index (κ1) is 13.5. The lowest BCUT2D eigenvalue weighted by Crippen LogP contribution is -2.42. The van der Waals surface area contributed by atoms with Crippen LogP contribution >= 0.6 is 0 Å². The summed E-state index contributed by atoms with van der Waals surface area (Å²) in [5, 5.41) is 3.95. The molecule has 3 heterocycles. The van der Waals surface area contributed by atoms with Gasteiger partial charge in [0.25, 0.3) is 5.91 Å². The van der Waals surface area contributed by atoms with Crippen molar-refractivity contribution in [1.29, 1.82) is 0 Å². The zero-order valence-corrected chi connectivity index (χ0v) is 12.4. The molecule has 4 rings (SSSR count). The van der Waals surface area contributed by atoms with Crippen molar-refractivity contribution in [1.82, 2.24) is 19.6 Å². The highest BCUT2D eigenvalue weighted by atomic mass is 16.5. The summed E-state index contributed by atoms with van der Waals surface area (Å²) < 4.78 is 12.6. The minimum Gasteiger partial charge on any atom is -0.382 e. The molecule has 0 radical (unpaired) electrons. The maximum absolute atomic E-state index is 12.7. The molecule has 1 atom stereocenters. The first-order chi connectivity index (χ1) is 10.8. The summed E-state index contributed by atoms with van der Waals surface area (Å²) in [6.45, 7) is 1.66. The van der Waals surface area contributed by atoms with Gasteiger partial charge < -0.3 is 18.7 Å². The zero-order valence-electron chi connectivity index (χ0n) is 12.4. The number of amides is 1. The van der Waals surface area contributed by atoms with Gasteiger partial charge in [-0.1, -0.05) is 5.16 Å². The van der Waals surface area contributed by atoms with Crippen LogP contribution in [0.15, 0.2) is 23.1 Å². The van der Waals surface area contributed by atoms with Crippen molar-refractivity contribution in [3.8, 4) is 0 Å². The normalized spacial score (nSPS) is 21.0. The third-order valence-electron chi connectivity index (χ3n) is 4.30. The topological polar surface area (TPSA) is 73.4 Å². The van der Waals surface area contributed by atoms with E-state index in [1.54, 1.807) is 30.6 Å². The Morgan fingerprint density at radius 2 is 2.36 bits per heavy atom. The number of rotatable bonds is 4. The average Bonchev–Trinajstić information content (AvgIpc) is 3.07. The van der Waals surface area contributed by atoms with Crippen molar-refractivity contribution >= 4 is 5.91 Å². The first-order valence-corrected chi connectivity index (χ1v) is 7.52. The van der Waals surface area contributed by atoms with E-state index in [1.807, 2.05) is 0 Å². The predicted octanol–water partition coefficient (Wildman–Crippen LogP) is 1.59. The maximum atomic E-state index is 12.7. The standard InChI is InChI=1S/C15H18N4O3/c1-21-8-12-7-18(6-11-5-16-9-19(11)12)15(20)13-4-14(22-17-13)10-2-3-10/h4-5,9-10,12H,2-3,6-8H2,1H3. The van der Waals surface area contributed by atoms with E-state index >= 15 is 0 Å². The fourth-order valence-corrected chi connectivity index (χ4v) is 2.98. The number of fused-ring (bicyclic) bond motifs is 1. The Hall–Kier alpha value is -2.15. The van der Waals surface area contributed by atoms with Crippen LogP contribution in [-0.4, -0.2) is 45.8 Å². The van der Waals surface area contributed by atoms with Gasteiger partial charge in [-0.25, -0.2) is 4.98 Å². The summed E-state index contributed by atoms with van der Waals surface area (Å²) in [6, 6.07) is 1.87. The van der Waals surface area contributed by atoms with E-state index in [0.29, 0.717) is 31.3 Å². The second-order valence-corrected chi connectivity index (χ2v) is 5.98. The minimum atomic E-state index is -0.0933. The number of hydrogen-bond acceptors (Lipinski definition) is 5. The van der Waals surface area contributed by atoms with Gasteiger partial charge in [-0.15, -0.1) is 0 Å². The minimum absolute atomic E-state index is 0.0787. The quantitative estimate of drug-likeness (QED) is 0.857. The molecular weight excluding hydrogens is 284 g/mol. The van der Waals surface area contributed by atoms with Crippen molar-refractivity contribution in [3.05, 3.63) is 35.7 Å². The maximum Gasteiger partial charge on any atom is 0.276 e. The molecule has 0 spiro atoms. The van der Waals surface area contributed by atoms with Gasteiger partial charge in [0.05, 0.1) is 31.2 Å². The van der Waals surface area contributed by atoms with E-state index in [2.05, 4.69) is 14.7 Å². The molecule has 2 aromatic rings. The third kappa shape index (κ3) is 2.31. The van der Waals surface area contributed by atoms with Gasteiger partial charge in [-0.3, -0.25) is 4.79 Å². The fraction of sp³-hybridized carbons (Fsp3) is 0.533. The van der Waals surface area contributed by atoms with Crippen molar-refractivity contribution in [2.75, 3.05) is 20.3 Å². The van der Waals surface area contributed by atoms with Crippen LogP contribution in [0.3, 0.4) is 0 Å². The number of carbonyl (C=O) groups is 1. The Morgan fingerprint density at radius 3 is 3.14 bits per heavy atom. The molecule has 0 N–H and O–H groups in total. The Bertz CT molecular complexity index is 689. The Balaban J connectivity index is 1.55. The highest BCUT2D eigenvalue weighted by molar-refractivity contribution is 5.92. The Labute approximate surface area is 127 Å². The van der Waals surface area contributed by atoms with Crippen molar-refractivity contribution in [3.63, 3.8) is 0 Å². The number of aromatic nitrogens is 3. The molecule has 1 aliphatic heterocycles. The molecular formula is C15H18N4O3. The van der Waals surface area contributed by atoms with Crippen LogP contribution in [0.5, 0.6) is 0 Å². The van der Waals surface area contributed by atoms with Gasteiger partial charge in [0.15, 0.2) is 5.69 Å². The monoisotopic (exact) mass is 302 g/mol. The van der Waals surface area contributed by atoms with Crippen molar-refractivity contribution in [2.24, 2.45) is 0 Å². The largest absolute Gasteiger partial charge is 0.382 e. The molecule has 1 fully saturated rings. The molecule has 1 amide bonds. The summed E-state index contributed by atoms with van der Waals surface area (Å²) in [6.07, 6.45) is 5.84.